The van der Waals surface area contributed by atoms with Crippen LogP contribution in [0.15, 0.2) is 0 Å². The number of piperidine rings is 1. The van der Waals surface area contributed by atoms with Crippen LogP contribution in [0.1, 0.15) is 45.4 Å². The zero-order valence-corrected chi connectivity index (χ0v) is 11.3. The van der Waals surface area contributed by atoms with Gasteiger partial charge in [0.25, 0.3) is 0 Å². The lowest BCUT2D eigenvalue weighted by molar-refractivity contribution is 0.150. The highest BCUT2D eigenvalue weighted by Gasteiger charge is 2.42. The Hall–Kier alpha value is -0.0800. The van der Waals surface area contributed by atoms with Crippen molar-refractivity contribution >= 4 is 0 Å². The summed E-state index contributed by atoms with van der Waals surface area (Å²) in [4.78, 5) is 2.76. The van der Waals surface area contributed by atoms with E-state index in [-0.39, 0.29) is 0 Å². The Bertz CT molecular complexity index is 231. The van der Waals surface area contributed by atoms with Crippen LogP contribution in [0.4, 0.5) is 0 Å². The second kappa shape index (κ2) is 5.27. The van der Waals surface area contributed by atoms with Crippen molar-refractivity contribution in [1.82, 2.24) is 10.2 Å². The Morgan fingerprint density at radius 3 is 2.41 bits per heavy atom. The maximum absolute atomic E-state index is 3.64. The third-order valence-electron chi connectivity index (χ3n) is 4.92. The van der Waals surface area contributed by atoms with E-state index in [4.69, 9.17) is 0 Å². The fraction of sp³-hybridized carbons (Fsp3) is 1.00. The van der Waals surface area contributed by atoms with Gasteiger partial charge in [0.1, 0.15) is 0 Å². The molecule has 1 N–H and O–H groups in total. The Morgan fingerprint density at radius 2 is 1.82 bits per heavy atom. The summed E-state index contributed by atoms with van der Waals surface area (Å²) in [6.45, 7) is 7.45. The zero-order chi connectivity index (χ0) is 11.7. The molecule has 0 aromatic carbocycles. The molecule has 1 aliphatic heterocycles. The predicted octanol–water partition coefficient (Wildman–Crippen LogP) is 2.50. The second-order valence-corrected chi connectivity index (χ2v) is 6.50. The van der Waals surface area contributed by atoms with Gasteiger partial charge in [-0.05, 0) is 69.4 Å². The average Bonchev–Trinajstić information content (AvgIpc) is 3.19. The van der Waals surface area contributed by atoms with Crippen molar-refractivity contribution in [1.29, 1.82) is 0 Å². The van der Waals surface area contributed by atoms with E-state index in [9.17, 15) is 0 Å². The smallest absolute Gasteiger partial charge is 0.0195 e. The molecule has 2 saturated carbocycles. The highest BCUT2D eigenvalue weighted by Crippen LogP contribution is 2.49. The van der Waals surface area contributed by atoms with Crippen molar-refractivity contribution in [2.45, 2.75) is 51.5 Å². The molecule has 1 heterocycles. The molecule has 98 valence electrons. The Kier molecular flexibility index (Phi) is 3.72. The summed E-state index contributed by atoms with van der Waals surface area (Å²) in [5.41, 5.74) is 0. The van der Waals surface area contributed by atoms with Gasteiger partial charge in [0.15, 0.2) is 0 Å². The lowest BCUT2D eigenvalue weighted by Gasteiger charge is -2.35. The molecule has 1 unspecified atom stereocenters. The third kappa shape index (κ3) is 3.23. The molecule has 2 aliphatic carbocycles. The van der Waals surface area contributed by atoms with Crippen LogP contribution >= 0.6 is 0 Å². The van der Waals surface area contributed by atoms with Crippen molar-refractivity contribution in [3.8, 4) is 0 Å². The second-order valence-electron chi connectivity index (χ2n) is 6.50. The number of nitrogens with zero attached hydrogens (tertiary/aromatic N) is 1. The monoisotopic (exact) mass is 236 g/mol. The zero-order valence-electron chi connectivity index (χ0n) is 11.3. The van der Waals surface area contributed by atoms with E-state index in [0.717, 1.165) is 30.3 Å². The summed E-state index contributed by atoms with van der Waals surface area (Å²) in [6, 6.07) is 0.771. The molecule has 2 nitrogen and oxygen atoms in total. The van der Waals surface area contributed by atoms with Crippen LogP contribution in [0, 0.1) is 17.8 Å². The van der Waals surface area contributed by atoms with Gasteiger partial charge in [0, 0.05) is 19.1 Å². The van der Waals surface area contributed by atoms with E-state index in [1.807, 2.05) is 0 Å². The Morgan fingerprint density at radius 1 is 1.12 bits per heavy atom. The molecule has 0 spiro atoms. The number of nitrogens with one attached hydrogen (secondary N) is 1. The maximum Gasteiger partial charge on any atom is 0.0195 e. The van der Waals surface area contributed by atoms with E-state index in [0.29, 0.717) is 0 Å². The van der Waals surface area contributed by atoms with Crippen LogP contribution in [-0.4, -0.2) is 37.1 Å². The van der Waals surface area contributed by atoms with Crippen LogP contribution in [0.5, 0.6) is 0 Å². The molecule has 3 aliphatic rings. The SMILES string of the molecule is CCNC1CCCN(CC(C2CC2)C2CC2)C1. The molecular weight excluding hydrogens is 208 g/mol. The fourth-order valence-electron chi connectivity index (χ4n) is 3.71. The summed E-state index contributed by atoms with van der Waals surface area (Å²) in [5.74, 6) is 3.29. The van der Waals surface area contributed by atoms with Crippen LogP contribution < -0.4 is 5.32 Å². The predicted molar refractivity (Wildman–Crippen MR) is 72.1 cm³/mol. The molecule has 1 atom stereocenters. The summed E-state index contributed by atoms with van der Waals surface area (Å²) >= 11 is 0. The van der Waals surface area contributed by atoms with Gasteiger partial charge in [-0.1, -0.05) is 6.92 Å². The highest BCUT2D eigenvalue weighted by atomic mass is 15.2. The fourth-order valence-corrected chi connectivity index (χ4v) is 3.71. The molecule has 0 aromatic heterocycles. The quantitative estimate of drug-likeness (QED) is 0.762. The molecule has 3 fully saturated rings. The Balaban J connectivity index is 1.49. The minimum Gasteiger partial charge on any atom is -0.313 e. The van der Waals surface area contributed by atoms with Gasteiger partial charge >= 0.3 is 0 Å². The highest BCUT2D eigenvalue weighted by molar-refractivity contribution is 4.93. The van der Waals surface area contributed by atoms with Crippen molar-refractivity contribution in [3.05, 3.63) is 0 Å². The van der Waals surface area contributed by atoms with Gasteiger partial charge in [-0.25, -0.2) is 0 Å². The van der Waals surface area contributed by atoms with E-state index in [1.165, 1.54) is 58.2 Å². The number of hydrogen-bond donors (Lipinski definition) is 1. The summed E-state index contributed by atoms with van der Waals surface area (Å²) < 4.78 is 0. The number of rotatable bonds is 6. The van der Waals surface area contributed by atoms with Crippen LogP contribution in [-0.2, 0) is 0 Å². The normalized spacial score (nSPS) is 31.1. The van der Waals surface area contributed by atoms with Gasteiger partial charge in [0.2, 0.25) is 0 Å². The number of hydrogen-bond acceptors (Lipinski definition) is 2. The van der Waals surface area contributed by atoms with Gasteiger partial charge in [-0.3, -0.25) is 0 Å². The molecule has 3 rings (SSSR count). The lowest BCUT2D eigenvalue weighted by atomic mass is 9.95. The van der Waals surface area contributed by atoms with Crippen molar-refractivity contribution in [3.63, 3.8) is 0 Å². The van der Waals surface area contributed by atoms with Crippen LogP contribution in [0.3, 0.4) is 0 Å². The summed E-state index contributed by atoms with van der Waals surface area (Å²) in [5, 5.41) is 3.64. The molecule has 1 saturated heterocycles. The van der Waals surface area contributed by atoms with E-state index in [2.05, 4.69) is 17.1 Å². The molecule has 0 aromatic rings. The van der Waals surface area contributed by atoms with Gasteiger partial charge < -0.3 is 10.2 Å². The summed E-state index contributed by atoms with van der Waals surface area (Å²) in [6.07, 6.45) is 8.93. The molecule has 0 bridgehead atoms. The van der Waals surface area contributed by atoms with Crippen LogP contribution in [0.25, 0.3) is 0 Å². The van der Waals surface area contributed by atoms with Crippen LogP contribution in [0.2, 0.25) is 0 Å². The standard InChI is InChI=1S/C15H28N2/c1-2-16-14-4-3-9-17(10-14)11-15(12-5-6-12)13-7-8-13/h12-16H,2-11H2,1H3. The molecule has 0 amide bonds. The van der Waals surface area contributed by atoms with E-state index >= 15 is 0 Å². The molecule has 0 radical (unpaired) electrons. The van der Waals surface area contributed by atoms with Crippen molar-refractivity contribution in [2.24, 2.45) is 17.8 Å². The first kappa shape index (κ1) is 12.0. The third-order valence-corrected chi connectivity index (χ3v) is 4.92. The minimum atomic E-state index is 0.771. The van der Waals surface area contributed by atoms with E-state index < -0.39 is 0 Å². The topological polar surface area (TPSA) is 15.3 Å². The minimum absolute atomic E-state index is 0.771. The first-order valence-electron chi connectivity index (χ1n) is 7.82. The molecule has 2 heteroatoms. The van der Waals surface area contributed by atoms with Gasteiger partial charge in [-0.2, -0.15) is 0 Å². The number of likely N-dealkylation sites (tertiary alicyclic amines) is 1. The van der Waals surface area contributed by atoms with Gasteiger partial charge in [0.05, 0.1) is 0 Å². The van der Waals surface area contributed by atoms with E-state index in [1.54, 1.807) is 0 Å². The largest absolute Gasteiger partial charge is 0.313 e. The average molecular weight is 236 g/mol. The first-order valence-corrected chi connectivity index (χ1v) is 7.82. The Labute approximate surface area is 106 Å². The van der Waals surface area contributed by atoms with Gasteiger partial charge in [-0.15, -0.1) is 0 Å². The lowest BCUT2D eigenvalue weighted by Crippen LogP contribution is -2.47. The van der Waals surface area contributed by atoms with Crippen molar-refractivity contribution < 1.29 is 0 Å². The van der Waals surface area contributed by atoms with Crippen molar-refractivity contribution in [2.75, 3.05) is 26.2 Å². The summed E-state index contributed by atoms with van der Waals surface area (Å²) in [7, 11) is 0. The first-order chi connectivity index (χ1) is 8.36. The maximum atomic E-state index is 3.64. The molecule has 17 heavy (non-hydrogen) atoms. The molecular formula is C15H28N2. The number of likely N-dealkylation sites (N-methyl/N-ethyl adjacent to an activating group) is 1.